The van der Waals surface area contributed by atoms with Gasteiger partial charge in [0.2, 0.25) is 0 Å². The van der Waals surface area contributed by atoms with Crippen LogP contribution >= 0.6 is 0 Å². The second kappa shape index (κ2) is 8.40. The lowest BCUT2D eigenvalue weighted by Crippen LogP contribution is -2.40. The Morgan fingerprint density at radius 1 is 1.29 bits per heavy atom. The number of piperidine rings is 1. The predicted octanol–water partition coefficient (Wildman–Crippen LogP) is 3.61. The first-order valence-electron chi connectivity index (χ1n) is 8.37. The minimum absolute atomic E-state index is 0.406. The van der Waals surface area contributed by atoms with E-state index in [4.69, 9.17) is 4.74 Å². The van der Waals surface area contributed by atoms with E-state index in [0.29, 0.717) is 12.1 Å². The Kier molecular flexibility index (Phi) is 6.52. The molecule has 3 heteroatoms. The summed E-state index contributed by atoms with van der Waals surface area (Å²) in [6.07, 6.45) is 5.08. The predicted molar refractivity (Wildman–Crippen MR) is 88.9 cm³/mol. The van der Waals surface area contributed by atoms with Gasteiger partial charge in [-0.05, 0) is 64.0 Å². The van der Waals surface area contributed by atoms with Gasteiger partial charge in [0.05, 0.1) is 0 Å². The largest absolute Gasteiger partial charge is 0.492 e. The minimum atomic E-state index is 0.406. The molecule has 0 bridgehead atoms. The van der Waals surface area contributed by atoms with Crippen LogP contribution in [0.15, 0.2) is 24.3 Å². The fourth-order valence-corrected chi connectivity index (χ4v) is 2.88. The molecule has 1 aliphatic heterocycles. The molecule has 1 saturated heterocycles. The van der Waals surface area contributed by atoms with Crippen LogP contribution in [0, 0.1) is 0 Å². The summed E-state index contributed by atoms with van der Waals surface area (Å²) < 4.78 is 5.97. The van der Waals surface area contributed by atoms with Gasteiger partial charge in [-0.3, -0.25) is 0 Å². The molecule has 1 fully saturated rings. The van der Waals surface area contributed by atoms with Gasteiger partial charge in [-0.25, -0.2) is 0 Å². The van der Waals surface area contributed by atoms with Gasteiger partial charge < -0.3 is 15.0 Å². The normalized spacial score (nSPS) is 21.2. The molecule has 1 aliphatic rings. The summed E-state index contributed by atoms with van der Waals surface area (Å²) in [7, 11) is 2.21. The Morgan fingerprint density at radius 2 is 2.05 bits per heavy atom. The molecule has 0 spiro atoms. The van der Waals surface area contributed by atoms with E-state index < -0.39 is 0 Å². The summed E-state index contributed by atoms with van der Waals surface area (Å²) in [4.78, 5) is 2.43. The molecular weight excluding hydrogens is 260 g/mol. The van der Waals surface area contributed by atoms with Crippen molar-refractivity contribution < 1.29 is 4.74 Å². The molecule has 0 aromatic heterocycles. The van der Waals surface area contributed by atoms with Gasteiger partial charge in [-0.15, -0.1) is 0 Å². The van der Waals surface area contributed by atoms with E-state index >= 15 is 0 Å². The fourth-order valence-electron chi connectivity index (χ4n) is 2.88. The zero-order valence-electron chi connectivity index (χ0n) is 13.8. The van der Waals surface area contributed by atoms with Crippen LogP contribution in [0.2, 0.25) is 0 Å². The standard InChI is InChI=1S/C18H30N2O/c1-4-12-19-15(2)16-8-10-18(11-9-16)21-14-17-7-5-6-13-20(17)3/h8-11,15,17,19H,4-7,12-14H2,1-3H3. The SMILES string of the molecule is CCCNC(C)c1ccc(OCC2CCCCN2C)cc1. The number of likely N-dealkylation sites (N-methyl/N-ethyl adjacent to an activating group) is 1. The fraction of sp³-hybridized carbons (Fsp3) is 0.667. The van der Waals surface area contributed by atoms with Crippen molar-refractivity contribution in [2.24, 2.45) is 0 Å². The Bertz CT molecular complexity index is 404. The second-order valence-electron chi connectivity index (χ2n) is 6.19. The lowest BCUT2D eigenvalue weighted by atomic mass is 10.0. The van der Waals surface area contributed by atoms with Crippen molar-refractivity contribution in [2.75, 3.05) is 26.7 Å². The monoisotopic (exact) mass is 290 g/mol. The highest BCUT2D eigenvalue weighted by molar-refractivity contribution is 5.29. The third-order valence-electron chi connectivity index (χ3n) is 4.44. The number of nitrogens with zero attached hydrogens (tertiary/aromatic N) is 1. The van der Waals surface area contributed by atoms with E-state index in [1.165, 1.54) is 37.8 Å². The highest BCUT2D eigenvalue weighted by atomic mass is 16.5. The highest BCUT2D eigenvalue weighted by Crippen LogP contribution is 2.20. The average molecular weight is 290 g/mol. The number of hydrogen-bond acceptors (Lipinski definition) is 3. The van der Waals surface area contributed by atoms with Crippen molar-refractivity contribution in [1.29, 1.82) is 0 Å². The molecule has 3 nitrogen and oxygen atoms in total. The van der Waals surface area contributed by atoms with E-state index in [0.717, 1.165) is 18.9 Å². The summed E-state index contributed by atoms with van der Waals surface area (Å²) in [5, 5.41) is 3.51. The van der Waals surface area contributed by atoms with E-state index in [2.05, 4.69) is 55.4 Å². The smallest absolute Gasteiger partial charge is 0.119 e. The molecule has 1 aromatic carbocycles. The second-order valence-corrected chi connectivity index (χ2v) is 6.19. The molecular formula is C18H30N2O. The molecule has 0 aliphatic carbocycles. The molecule has 2 rings (SSSR count). The lowest BCUT2D eigenvalue weighted by Gasteiger charge is -2.32. The topological polar surface area (TPSA) is 24.5 Å². The van der Waals surface area contributed by atoms with Crippen LogP contribution in [0.5, 0.6) is 5.75 Å². The Hall–Kier alpha value is -1.06. The van der Waals surface area contributed by atoms with Crippen molar-refractivity contribution in [3.63, 3.8) is 0 Å². The lowest BCUT2D eigenvalue weighted by molar-refractivity contribution is 0.125. The van der Waals surface area contributed by atoms with Gasteiger partial charge >= 0.3 is 0 Å². The molecule has 1 heterocycles. The van der Waals surface area contributed by atoms with Gasteiger partial charge in [0.25, 0.3) is 0 Å². The van der Waals surface area contributed by atoms with E-state index in [1.807, 2.05) is 0 Å². The molecule has 2 atom stereocenters. The van der Waals surface area contributed by atoms with Gasteiger partial charge in [0.15, 0.2) is 0 Å². The maximum Gasteiger partial charge on any atom is 0.119 e. The third-order valence-corrected chi connectivity index (χ3v) is 4.44. The first-order valence-corrected chi connectivity index (χ1v) is 8.37. The van der Waals surface area contributed by atoms with Crippen molar-refractivity contribution >= 4 is 0 Å². The van der Waals surface area contributed by atoms with Crippen LogP contribution in [-0.2, 0) is 0 Å². The maximum absolute atomic E-state index is 5.97. The Morgan fingerprint density at radius 3 is 2.71 bits per heavy atom. The molecule has 1 N–H and O–H groups in total. The van der Waals surface area contributed by atoms with Crippen LogP contribution < -0.4 is 10.1 Å². The average Bonchev–Trinajstić information content (AvgIpc) is 2.52. The van der Waals surface area contributed by atoms with Gasteiger partial charge in [0, 0.05) is 12.1 Å². The first-order chi connectivity index (χ1) is 10.2. The third kappa shape index (κ3) is 5.01. The summed E-state index contributed by atoms with van der Waals surface area (Å²) in [5.41, 5.74) is 1.32. The van der Waals surface area contributed by atoms with Crippen molar-refractivity contribution in [3.05, 3.63) is 29.8 Å². The van der Waals surface area contributed by atoms with Crippen LogP contribution in [0.1, 0.15) is 51.1 Å². The molecule has 21 heavy (non-hydrogen) atoms. The number of rotatable bonds is 7. The van der Waals surface area contributed by atoms with Gasteiger partial charge in [-0.1, -0.05) is 25.5 Å². The number of likely N-dealkylation sites (tertiary alicyclic amines) is 1. The van der Waals surface area contributed by atoms with Gasteiger partial charge in [0.1, 0.15) is 12.4 Å². The quantitative estimate of drug-likeness (QED) is 0.830. The number of nitrogens with one attached hydrogen (secondary N) is 1. The van der Waals surface area contributed by atoms with Gasteiger partial charge in [-0.2, -0.15) is 0 Å². The van der Waals surface area contributed by atoms with Crippen LogP contribution in [0.25, 0.3) is 0 Å². The van der Waals surface area contributed by atoms with Crippen molar-refractivity contribution in [2.45, 2.75) is 51.6 Å². The number of benzene rings is 1. The number of ether oxygens (including phenoxy) is 1. The summed E-state index contributed by atoms with van der Waals surface area (Å²) >= 11 is 0. The molecule has 0 radical (unpaired) electrons. The molecule has 2 unspecified atom stereocenters. The Balaban J connectivity index is 1.81. The zero-order valence-corrected chi connectivity index (χ0v) is 13.8. The first kappa shape index (κ1) is 16.3. The minimum Gasteiger partial charge on any atom is -0.492 e. The van der Waals surface area contributed by atoms with Crippen LogP contribution in [0.3, 0.4) is 0 Å². The summed E-state index contributed by atoms with van der Waals surface area (Å²) in [6.45, 7) is 7.47. The van der Waals surface area contributed by atoms with Crippen molar-refractivity contribution in [1.82, 2.24) is 10.2 Å². The van der Waals surface area contributed by atoms with E-state index in [1.54, 1.807) is 0 Å². The number of hydrogen-bond donors (Lipinski definition) is 1. The van der Waals surface area contributed by atoms with Crippen molar-refractivity contribution in [3.8, 4) is 5.75 Å². The maximum atomic E-state index is 5.97. The highest BCUT2D eigenvalue weighted by Gasteiger charge is 2.19. The summed E-state index contributed by atoms with van der Waals surface area (Å²) in [5.74, 6) is 0.986. The zero-order chi connectivity index (χ0) is 15.1. The molecule has 0 saturated carbocycles. The Labute approximate surface area is 129 Å². The summed E-state index contributed by atoms with van der Waals surface area (Å²) in [6, 6.07) is 9.53. The van der Waals surface area contributed by atoms with Crippen LogP contribution in [0.4, 0.5) is 0 Å². The van der Waals surface area contributed by atoms with Crippen LogP contribution in [-0.4, -0.2) is 37.7 Å². The molecule has 1 aromatic rings. The van der Waals surface area contributed by atoms with E-state index in [9.17, 15) is 0 Å². The molecule has 0 amide bonds. The van der Waals surface area contributed by atoms with E-state index in [-0.39, 0.29) is 0 Å². The molecule has 118 valence electrons.